The molecule has 0 aliphatic carbocycles. The molecule has 0 radical (unpaired) electrons. The molecular formula is C13H17N3O4S. The van der Waals surface area contributed by atoms with Crippen LogP contribution < -0.4 is 11.1 Å². The maximum atomic E-state index is 12.5. The van der Waals surface area contributed by atoms with Crippen molar-refractivity contribution in [2.75, 3.05) is 11.9 Å². The molecule has 7 nitrogen and oxygen atoms in total. The van der Waals surface area contributed by atoms with Crippen LogP contribution >= 0.6 is 0 Å². The molecule has 1 heterocycles. The largest absolute Gasteiger partial charge is 0.368 e. The molecule has 1 saturated heterocycles. The van der Waals surface area contributed by atoms with Crippen LogP contribution in [-0.4, -0.2) is 37.1 Å². The first-order valence-corrected chi connectivity index (χ1v) is 7.95. The number of amides is 2. The van der Waals surface area contributed by atoms with Crippen LogP contribution in [0.1, 0.15) is 19.8 Å². The summed E-state index contributed by atoms with van der Waals surface area (Å²) in [7, 11) is -3.76. The van der Waals surface area contributed by atoms with Gasteiger partial charge in [0.15, 0.2) is 0 Å². The standard InChI is InChI=1S/C13H17N3O4S/c1-9(17)15-10-4-6-11(7-5-10)21(19,20)16-8-2-3-12(16)13(14)18/h4-7,12H,2-3,8H2,1H3,(H2,14,18)(H,15,17)/t12-/m0/s1. The van der Waals surface area contributed by atoms with Crippen LogP contribution in [0.3, 0.4) is 0 Å². The zero-order valence-corrected chi connectivity index (χ0v) is 12.4. The topological polar surface area (TPSA) is 110 Å². The SMILES string of the molecule is CC(=O)Nc1ccc(S(=O)(=O)N2CCC[C@H]2C(N)=O)cc1. The maximum absolute atomic E-state index is 12.5. The van der Waals surface area contributed by atoms with E-state index >= 15 is 0 Å². The molecule has 114 valence electrons. The molecule has 21 heavy (non-hydrogen) atoms. The average Bonchev–Trinajstić information content (AvgIpc) is 2.88. The van der Waals surface area contributed by atoms with E-state index in [1.807, 2.05) is 0 Å². The Kier molecular flexibility index (Phi) is 4.29. The lowest BCUT2D eigenvalue weighted by Gasteiger charge is -2.21. The molecule has 1 atom stereocenters. The lowest BCUT2D eigenvalue weighted by Crippen LogP contribution is -2.43. The predicted molar refractivity (Wildman–Crippen MR) is 76.9 cm³/mol. The summed E-state index contributed by atoms with van der Waals surface area (Å²) in [6, 6.07) is 5.02. The summed E-state index contributed by atoms with van der Waals surface area (Å²) in [5.41, 5.74) is 5.76. The first-order valence-electron chi connectivity index (χ1n) is 6.51. The number of carbonyl (C=O) groups is 2. The third-order valence-electron chi connectivity index (χ3n) is 3.31. The lowest BCUT2D eigenvalue weighted by molar-refractivity contribution is -0.121. The minimum absolute atomic E-state index is 0.0738. The summed E-state index contributed by atoms with van der Waals surface area (Å²) in [5.74, 6) is -0.870. The van der Waals surface area contributed by atoms with Gasteiger partial charge < -0.3 is 11.1 Å². The Balaban J connectivity index is 2.27. The van der Waals surface area contributed by atoms with Crippen molar-refractivity contribution in [1.29, 1.82) is 0 Å². The van der Waals surface area contributed by atoms with Crippen molar-refractivity contribution >= 4 is 27.5 Å². The molecule has 1 aromatic rings. The minimum atomic E-state index is -3.76. The molecular weight excluding hydrogens is 294 g/mol. The van der Waals surface area contributed by atoms with Gasteiger partial charge in [0, 0.05) is 19.2 Å². The fourth-order valence-electron chi connectivity index (χ4n) is 2.36. The Labute approximate surface area is 123 Å². The van der Waals surface area contributed by atoms with Crippen LogP contribution in [0.15, 0.2) is 29.2 Å². The van der Waals surface area contributed by atoms with Gasteiger partial charge in [-0.3, -0.25) is 9.59 Å². The first-order chi connectivity index (χ1) is 9.82. The molecule has 0 unspecified atom stereocenters. The van der Waals surface area contributed by atoms with Gasteiger partial charge in [-0.1, -0.05) is 0 Å². The summed E-state index contributed by atoms with van der Waals surface area (Å²) < 4.78 is 26.2. The second-order valence-electron chi connectivity index (χ2n) is 4.88. The van der Waals surface area contributed by atoms with E-state index in [1.165, 1.54) is 31.2 Å². The van der Waals surface area contributed by atoms with E-state index in [2.05, 4.69) is 5.32 Å². The van der Waals surface area contributed by atoms with Gasteiger partial charge in [-0.15, -0.1) is 0 Å². The Bertz CT molecular complexity index is 654. The summed E-state index contributed by atoms with van der Waals surface area (Å²) in [4.78, 5) is 22.3. The van der Waals surface area contributed by atoms with Gasteiger partial charge in [0.25, 0.3) is 0 Å². The quantitative estimate of drug-likeness (QED) is 0.832. The molecule has 8 heteroatoms. The summed E-state index contributed by atoms with van der Waals surface area (Å²) in [6.07, 6.45) is 1.05. The third-order valence-corrected chi connectivity index (χ3v) is 5.24. The Morgan fingerprint density at radius 3 is 2.43 bits per heavy atom. The van der Waals surface area contributed by atoms with E-state index in [0.717, 1.165) is 4.31 Å². The number of nitrogens with zero attached hydrogens (tertiary/aromatic N) is 1. The van der Waals surface area contributed by atoms with Gasteiger partial charge in [-0.2, -0.15) is 4.31 Å². The number of hydrogen-bond donors (Lipinski definition) is 2. The molecule has 0 saturated carbocycles. The molecule has 0 spiro atoms. The molecule has 2 rings (SSSR count). The van der Waals surface area contributed by atoms with Crippen LogP contribution in [0, 0.1) is 0 Å². The van der Waals surface area contributed by atoms with Gasteiger partial charge >= 0.3 is 0 Å². The highest BCUT2D eigenvalue weighted by atomic mass is 32.2. The number of hydrogen-bond acceptors (Lipinski definition) is 4. The molecule has 1 aromatic carbocycles. The van der Waals surface area contributed by atoms with E-state index in [9.17, 15) is 18.0 Å². The van der Waals surface area contributed by atoms with Crippen molar-refractivity contribution in [3.8, 4) is 0 Å². The van der Waals surface area contributed by atoms with Crippen molar-refractivity contribution in [3.05, 3.63) is 24.3 Å². The number of anilines is 1. The number of benzene rings is 1. The molecule has 1 aliphatic rings. The van der Waals surface area contributed by atoms with Gasteiger partial charge in [0.05, 0.1) is 4.90 Å². The maximum Gasteiger partial charge on any atom is 0.243 e. The first kappa shape index (κ1) is 15.5. The smallest absolute Gasteiger partial charge is 0.243 e. The number of nitrogens with two attached hydrogens (primary N) is 1. The normalized spacial score (nSPS) is 19.4. The van der Waals surface area contributed by atoms with Crippen LogP contribution in [0.5, 0.6) is 0 Å². The van der Waals surface area contributed by atoms with Gasteiger partial charge in [-0.05, 0) is 37.1 Å². The van der Waals surface area contributed by atoms with Gasteiger partial charge in [-0.25, -0.2) is 8.42 Å². The van der Waals surface area contributed by atoms with Crippen molar-refractivity contribution < 1.29 is 18.0 Å². The van der Waals surface area contributed by atoms with Gasteiger partial charge in [0.1, 0.15) is 6.04 Å². The van der Waals surface area contributed by atoms with Gasteiger partial charge in [0.2, 0.25) is 21.8 Å². The predicted octanol–water partition coefficient (Wildman–Crippen LogP) is 0.283. The van der Waals surface area contributed by atoms with Crippen molar-refractivity contribution in [2.24, 2.45) is 5.73 Å². The van der Waals surface area contributed by atoms with Crippen LogP contribution in [0.2, 0.25) is 0 Å². The van der Waals surface area contributed by atoms with E-state index in [4.69, 9.17) is 5.73 Å². The zero-order valence-electron chi connectivity index (χ0n) is 11.6. The monoisotopic (exact) mass is 311 g/mol. The number of carbonyl (C=O) groups excluding carboxylic acids is 2. The van der Waals surface area contributed by atoms with Crippen LogP contribution in [0.4, 0.5) is 5.69 Å². The zero-order chi connectivity index (χ0) is 15.6. The van der Waals surface area contributed by atoms with Crippen molar-refractivity contribution in [3.63, 3.8) is 0 Å². The minimum Gasteiger partial charge on any atom is -0.368 e. The van der Waals surface area contributed by atoms with Crippen LogP contribution in [-0.2, 0) is 19.6 Å². The fourth-order valence-corrected chi connectivity index (χ4v) is 4.03. The third kappa shape index (κ3) is 3.22. The average molecular weight is 311 g/mol. The number of rotatable bonds is 4. The fraction of sp³-hybridized carbons (Fsp3) is 0.385. The van der Waals surface area contributed by atoms with Crippen LogP contribution in [0.25, 0.3) is 0 Å². The highest BCUT2D eigenvalue weighted by Gasteiger charge is 2.38. The van der Waals surface area contributed by atoms with E-state index in [1.54, 1.807) is 0 Å². The molecule has 0 aromatic heterocycles. The van der Waals surface area contributed by atoms with E-state index in [-0.39, 0.29) is 17.3 Å². The Morgan fingerprint density at radius 2 is 1.90 bits per heavy atom. The highest BCUT2D eigenvalue weighted by molar-refractivity contribution is 7.89. The Morgan fingerprint density at radius 1 is 1.29 bits per heavy atom. The van der Waals surface area contributed by atoms with Crippen molar-refractivity contribution in [2.45, 2.75) is 30.7 Å². The number of primary amides is 1. The van der Waals surface area contributed by atoms with E-state index in [0.29, 0.717) is 18.5 Å². The summed E-state index contributed by atoms with van der Waals surface area (Å²) in [6.45, 7) is 1.65. The highest BCUT2D eigenvalue weighted by Crippen LogP contribution is 2.26. The van der Waals surface area contributed by atoms with Crippen molar-refractivity contribution in [1.82, 2.24) is 4.31 Å². The number of sulfonamides is 1. The summed E-state index contributed by atoms with van der Waals surface area (Å²) >= 11 is 0. The summed E-state index contributed by atoms with van der Waals surface area (Å²) in [5, 5.41) is 2.56. The molecule has 1 aliphatic heterocycles. The Hall–Kier alpha value is -1.93. The number of nitrogens with one attached hydrogen (secondary N) is 1. The molecule has 1 fully saturated rings. The molecule has 0 bridgehead atoms. The lowest BCUT2D eigenvalue weighted by atomic mass is 10.2. The van der Waals surface area contributed by atoms with E-state index < -0.39 is 22.0 Å². The second kappa shape index (κ2) is 5.82. The second-order valence-corrected chi connectivity index (χ2v) is 6.77. The molecule has 3 N–H and O–H groups in total. The molecule has 2 amide bonds.